The monoisotopic (exact) mass is 378 g/mol. The molecule has 27 heavy (non-hydrogen) atoms. The van der Waals surface area contributed by atoms with E-state index < -0.39 is 0 Å². The van der Waals surface area contributed by atoms with Crippen molar-refractivity contribution < 1.29 is 9.53 Å². The molecule has 0 radical (unpaired) electrons. The van der Waals surface area contributed by atoms with Crippen molar-refractivity contribution in [3.05, 3.63) is 65.7 Å². The average Bonchev–Trinajstić information content (AvgIpc) is 3.16. The second-order valence-corrected chi connectivity index (χ2v) is 7.19. The molecule has 1 aromatic heterocycles. The maximum Gasteiger partial charge on any atom is 0.335 e. The molecule has 0 atom stereocenters. The Labute approximate surface area is 163 Å². The predicted octanol–water partition coefficient (Wildman–Crippen LogP) is 5.70. The van der Waals surface area contributed by atoms with E-state index in [1.165, 1.54) is 6.08 Å². The SMILES string of the molecule is CC=CC(=O)Oc1ccc(-c2ccc(-c3nnc(CCCC)s3)cc2)cc1. The molecule has 0 amide bonds. The lowest BCUT2D eigenvalue weighted by Crippen LogP contribution is -2.03. The first-order valence-corrected chi connectivity index (χ1v) is 9.89. The molecular weight excluding hydrogens is 356 g/mol. The first-order chi connectivity index (χ1) is 13.2. The van der Waals surface area contributed by atoms with Crippen LogP contribution in [-0.4, -0.2) is 16.2 Å². The number of aryl methyl sites for hydroxylation is 1. The summed E-state index contributed by atoms with van der Waals surface area (Å²) in [6.07, 6.45) is 6.36. The van der Waals surface area contributed by atoms with E-state index in [9.17, 15) is 4.79 Å². The third-order valence-electron chi connectivity index (χ3n) is 4.05. The highest BCUT2D eigenvalue weighted by atomic mass is 32.1. The van der Waals surface area contributed by atoms with Gasteiger partial charge in [0.2, 0.25) is 0 Å². The van der Waals surface area contributed by atoms with Crippen molar-refractivity contribution in [2.24, 2.45) is 0 Å². The van der Waals surface area contributed by atoms with Crippen LogP contribution in [0.15, 0.2) is 60.7 Å². The summed E-state index contributed by atoms with van der Waals surface area (Å²) in [7, 11) is 0. The molecule has 0 bridgehead atoms. The number of carbonyl (C=O) groups excluding carboxylic acids is 1. The van der Waals surface area contributed by atoms with Crippen molar-refractivity contribution >= 4 is 17.3 Å². The summed E-state index contributed by atoms with van der Waals surface area (Å²) in [5.41, 5.74) is 3.24. The molecule has 0 spiro atoms. The topological polar surface area (TPSA) is 52.1 Å². The maximum atomic E-state index is 11.5. The van der Waals surface area contributed by atoms with Gasteiger partial charge in [0.1, 0.15) is 15.8 Å². The van der Waals surface area contributed by atoms with E-state index >= 15 is 0 Å². The van der Waals surface area contributed by atoms with Gasteiger partial charge in [0.15, 0.2) is 0 Å². The van der Waals surface area contributed by atoms with Crippen LogP contribution in [0.4, 0.5) is 0 Å². The Kier molecular flexibility index (Phi) is 6.49. The third kappa shape index (κ3) is 5.11. The predicted molar refractivity (Wildman–Crippen MR) is 110 cm³/mol. The lowest BCUT2D eigenvalue weighted by atomic mass is 10.0. The first-order valence-electron chi connectivity index (χ1n) is 9.07. The second kappa shape index (κ2) is 9.24. The lowest BCUT2D eigenvalue weighted by Gasteiger charge is -2.05. The minimum Gasteiger partial charge on any atom is -0.423 e. The number of nitrogens with zero attached hydrogens (tertiary/aromatic N) is 2. The van der Waals surface area contributed by atoms with Crippen LogP contribution < -0.4 is 4.74 Å². The van der Waals surface area contributed by atoms with Gasteiger partial charge in [0.25, 0.3) is 0 Å². The van der Waals surface area contributed by atoms with E-state index in [0.29, 0.717) is 5.75 Å². The second-order valence-electron chi connectivity index (χ2n) is 6.13. The van der Waals surface area contributed by atoms with E-state index in [-0.39, 0.29) is 5.97 Å². The van der Waals surface area contributed by atoms with Crippen LogP contribution in [0.1, 0.15) is 31.7 Å². The summed E-state index contributed by atoms with van der Waals surface area (Å²) in [6.45, 7) is 3.96. The molecule has 2 aromatic carbocycles. The Hall–Kier alpha value is -2.79. The van der Waals surface area contributed by atoms with Crippen LogP contribution in [0.3, 0.4) is 0 Å². The van der Waals surface area contributed by atoms with Gasteiger partial charge < -0.3 is 4.74 Å². The standard InChI is InChI=1S/C22H22N2O2S/c1-3-5-7-20-23-24-22(27-20)18-10-8-16(9-11-18)17-12-14-19(15-13-17)26-21(25)6-4-2/h4,6,8-15H,3,5,7H2,1-2H3. The number of benzene rings is 2. The molecular formula is C22H22N2O2S. The molecule has 0 aliphatic rings. The van der Waals surface area contributed by atoms with Crippen LogP contribution in [0, 0.1) is 0 Å². The summed E-state index contributed by atoms with van der Waals surface area (Å²) in [6, 6.07) is 15.8. The molecule has 0 unspecified atom stereocenters. The number of carbonyl (C=O) groups is 1. The number of rotatable bonds is 7. The number of hydrogen-bond donors (Lipinski definition) is 0. The summed E-state index contributed by atoms with van der Waals surface area (Å²) in [4.78, 5) is 11.5. The molecule has 5 heteroatoms. The lowest BCUT2D eigenvalue weighted by molar-refractivity contribution is -0.129. The summed E-state index contributed by atoms with van der Waals surface area (Å²) in [5.74, 6) is 0.164. The minimum absolute atomic E-state index is 0.370. The summed E-state index contributed by atoms with van der Waals surface area (Å²) >= 11 is 1.66. The Morgan fingerprint density at radius 1 is 1.00 bits per heavy atom. The minimum atomic E-state index is -0.370. The van der Waals surface area contributed by atoms with Crippen LogP contribution in [0.5, 0.6) is 5.75 Å². The van der Waals surface area contributed by atoms with Gasteiger partial charge >= 0.3 is 5.97 Å². The zero-order chi connectivity index (χ0) is 19.1. The van der Waals surface area contributed by atoms with Gasteiger partial charge in [-0.15, -0.1) is 10.2 Å². The number of aromatic nitrogens is 2. The largest absolute Gasteiger partial charge is 0.423 e. The highest BCUT2D eigenvalue weighted by Gasteiger charge is 2.07. The molecule has 3 rings (SSSR count). The Bertz CT molecular complexity index is 912. The molecule has 0 aliphatic carbocycles. The fourth-order valence-electron chi connectivity index (χ4n) is 2.61. The molecule has 1 heterocycles. The zero-order valence-corrected chi connectivity index (χ0v) is 16.3. The number of unbranched alkanes of at least 4 members (excludes halogenated alkanes) is 1. The van der Waals surface area contributed by atoms with Crippen LogP contribution in [0.25, 0.3) is 21.7 Å². The van der Waals surface area contributed by atoms with Gasteiger partial charge in [0, 0.05) is 18.1 Å². The fourth-order valence-corrected chi connectivity index (χ4v) is 3.49. The number of ether oxygens (including phenoxy) is 1. The Balaban J connectivity index is 1.69. The number of hydrogen-bond acceptors (Lipinski definition) is 5. The Morgan fingerprint density at radius 2 is 1.63 bits per heavy atom. The van der Waals surface area contributed by atoms with Crippen molar-refractivity contribution in [1.29, 1.82) is 0 Å². The molecule has 0 fully saturated rings. The normalized spacial score (nSPS) is 11.0. The first kappa shape index (κ1) is 19.0. The molecule has 0 saturated heterocycles. The van der Waals surface area contributed by atoms with E-state index in [4.69, 9.17) is 4.74 Å². The van der Waals surface area contributed by atoms with E-state index in [1.807, 2.05) is 12.1 Å². The Morgan fingerprint density at radius 3 is 2.26 bits per heavy atom. The smallest absolute Gasteiger partial charge is 0.335 e. The van der Waals surface area contributed by atoms with Crippen molar-refractivity contribution in [2.75, 3.05) is 0 Å². The molecule has 3 aromatic rings. The maximum absolute atomic E-state index is 11.5. The van der Waals surface area contributed by atoms with Gasteiger partial charge in [0.05, 0.1) is 0 Å². The van der Waals surface area contributed by atoms with E-state index in [1.54, 1.807) is 36.5 Å². The molecule has 4 nitrogen and oxygen atoms in total. The van der Waals surface area contributed by atoms with Crippen LogP contribution >= 0.6 is 11.3 Å². The number of allylic oxidation sites excluding steroid dienone is 1. The number of esters is 1. The molecule has 138 valence electrons. The van der Waals surface area contributed by atoms with Crippen molar-refractivity contribution in [2.45, 2.75) is 33.1 Å². The van der Waals surface area contributed by atoms with Gasteiger partial charge in [-0.25, -0.2) is 4.79 Å². The average molecular weight is 378 g/mol. The molecule has 0 N–H and O–H groups in total. The fraction of sp³-hybridized carbons (Fsp3) is 0.227. The van der Waals surface area contributed by atoms with Gasteiger partial charge in [-0.05, 0) is 36.6 Å². The zero-order valence-electron chi connectivity index (χ0n) is 15.5. The molecule has 0 aliphatic heterocycles. The third-order valence-corrected chi connectivity index (χ3v) is 5.08. The van der Waals surface area contributed by atoms with Gasteiger partial charge in [-0.2, -0.15) is 0 Å². The van der Waals surface area contributed by atoms with Gasteiger partial charge in [-0.3, -0.25) is 0 Å². The summed E-state index contributed by atoms with van der Waals surface area (Å²) in [5, 5.41) is 10.6. The molecule has 0 saturated carbocycles. The van der Waals surface area contributed by atoms with Crippen molar-refractivity contribution in [3.8, 4) is 27.4 Å². The summed E-state index contributed by atoms with van der Waals surface area (Å²) < 4.78 is 5.21. The van der Waals surface area contributed by atoms with Crippen LogP contribution in [0.2, 0.25) is 0 Å². The highest BCUT2D eigenvalue weighted by Crippen LogP contribution is 2.28. The highest BCUT2D eigenvalue weighted by molar-refractivity contribution is 7.14. The van der Waals surface area contributed by atoms with Crippen molar-refractivity contribution in [3.63, 3.8) is 0 Å². The van der Waals surface area contributed by atoms with Gasteiger partial charge in [-0.1, -0.05) is 67.2 Å². The van der Waals surface area contributed by atoms with Crippen molar-refractivity contribution in [1.82, 2.24) is 10.2 Å². The van der Waals surface area contributed by atoms with E-state index in [0.717, 1.165) is 46.0 Å². The quantitative estimate of drug-likeness (QED) is 0.301. The van der Waals surface area contributed by atoms with Crippen LogP contribution in [-0.2, 0) is 11.2 Å². The van der Waals surface area contributed by atoms with E-state index in [2.05, 4.69) is 41.4 Å².